The number of nitrogens with zero attached hydrogens (tertiary/aromatic N) is 2. The molecule has 0 radical (unpaired) electrons. The Kier molecular flexibility index (Phi) is 1.75. The SMILES string of the molecule is [S-]c1c[n+](-c2ccccc2)no1. The van der Waals surface area contributed by atoms with Crippen molar-refractivity contribution in [1.82, 2.24) is 5.27 Å². The molecule has 1 aromatic heterocycles. The van der Waals surface area contributed by atoms with Gasteiger partial charge in [0.15, 0.2) is 0 Å². The predicted molar refractivity (Wildman–Crippen MR) is 43.7 cm³/mol. The Bertz CT molecular complexity index is 372. The highest BCUT2D eigenvalue weighted by Gasteiger charge is 2.07. The quantitative estimate of drug-likeness (QED) is 0.479. The summed E-state index contributed by atoms with van der Waals surface area (Å²) >= 11 is 4.78. The van der Waals surface area contributed by atoms with Crippen molar-refractivity contribution < 1.29 is 9.20 Å². The molecule has 60 valence electrons. The molecule has 12 heavy (non-hydrogen) atoms. The topological polar surface area (TPSA) is 29.9 Å². The lowest BCUT2D eigenvalue weighted by Gasteiger charge is -1.84. The minimum atomic E-state index is 0.388. The molecule has 0 bridgehead atoms. The van der Waals surface area contributed by atoms with Crippen molar-refractivity contribution in [2.45, 2.75) is 5.09 Å². The normalized spacial score (nSPS) is 10.0. The third-order valence-corrected chi connectivity index (χ3v) is 1.65. The average Bonchev–Trinajstić information content (AvgIpc) is 2.54. The standard InChI is InChI=1S/C8H6N2OS/c12-8-6-10(9-11-8)7-4-2-1-3-5-7/h1-6H. The highest BCUT2D eigenvalue weighted by molar-refractivity contribution is 7.58. The molecule has 3 nitrogen and oxygen atoms in total. The Balaban J connectivity index is 2.45. The number of rotatable bonds is 1. The molecule has 0 spiro atoms. The van der Waals surface area contributed by atoms with Crippen molar-refractivity contribution in [3.05, 3.63) is 36.5 Å². The van der Waals surface area contributed by atoms with Crippen LogP contribution in [0.5, 0.6) is 0 Å². The Morgan fingerprint density at radius 3 is 2.58 bits per heavy atom. The van der Waals surface area contributed by atoms with E-state index >= 15 is 0 Å². The average molecular weight is 178 g/mol. The van der Waals surface area contributed by atoms with E-state index in [1.807, 2.05) is 30.3 Å². The summed E-state index contributed by atoms with van der Waals surface area (Å²) in [7, 11) is 0. The number of benzene rings is 1. The summed E-state index contributed by atoms with van der Waals surface area (Å²) in [6, 6.07) is 9.66. The van der Waals surface area contributed by atoms with Gasteiger partial charge in [-0.05, 0) is 4.68 Å². The Morgan fingerprint density at radius 1 is 1.25 bits per heavy atom. The van der Waals surface area contributed by atoms with Gasteiger partial charge in [0.25, 0.3) is 0 Å². The summed E-state index contributed by atoms with van der Waals surface area (Å²) in [5.74, 6) is 0. The van der Waals surface area contributed by atoms with E-state index < -0.39 is 0 Å². The van der Waals surface area contributed by atoms with Crippen molar-refractivity contribution in [3.8, 4) is 5.69 Å². The van der Waals surface area contributed by atoms with E-state index in [1.54, 1.807) is 10.9 Å². The van der Waals surface area contributed by atoms with Crippen molar-refractivity contribution >= 4 is 12.6 Å². The zero-order valence-corrected chi connectivity index (χ0v) is 6.99. The lowest BCUT2D eigenvalue weighted by molar-refractivity contribution is -0.670. The van der Waals surface area contributed by atoms with E-state index in [1.165, 1.54) is 0 Å². The highest BCUT2D eigenvalue weighted by atomic mass is 32.1. The van der Waals surface area contributed by atoms with Crippen LogP contribution in [-0.2, 0) is 12.6 Å². The van der Waals surface area contributed by atoms with Crippen LogP contribution in [0.2, 0.25) is 0 Å². The van der Waals surface area contributed by atoms with E-state index in [9.17, 15) is 0 Å². The maximum atomic E-state index is 4.78. The molecule has 4 heteroatoms. The van der Waals surface area contributed by atoms with Gasteiger partial charge in [0.05, 0.1) is 5.09 Å². The van der Waals surface area contributed by atoms with Crippen LogP contribution < -0.4 is 4.68 Å². The van der Waals surface area contributed by atoms with Crippen LogP contribution in [0.15, 0.2) is 46.1 Å². The maximum Gasteiger partial charge on any atom is 0.241 e. The molecule has 0 fully saturated rings. The molecule has 1 aromatic carbocycles. The molecule has 2 aromatic rings. The minimum absolute atomic E-state index is 0.388. The highest BCUT2D eigenvalue weighted by Crippen LogP contribution is 1.97. The molecule has 0 atom stereocenters. The summed E-state index contributed by atoms with van der Waals surface area (Å²) in [5.41, 5.74) is 0.942. The van der Waals surface area contributed by atoms with Crippen LogP contribution in [-0.4, -0.2) is 5.27 Å². The molecule has 0 saturated heterocycles. The number of hydrogen-bond donors (Lipinski definition) is 0. The summed E-state index contributed by atoms with van der Waals surface area (Å²) in [5, 5.41) is 4.11. The van der Waals surface area contributed by atoms with Gasteiger partial charge in [-0.1, -0.05) is 18.2 Å². The second-order valence-corrected chi connectivity index (χ2v) is 2.70. The Hall–Kier alpha value is -1.42. The Morgan fingerprint density at radius 2 is 2.00 bits per heavy atom. The molecule has 0 unspecified atom stereocenters. The second kappa shape index (κ2) is 2.91. The van der Waals surface area contributed by atoms with Gasteiger partial charge < -0.3 is 17.2 Å². The first kappa shape index (κ1) is 7.24. The summed E-state index contributed by atoms with van der Waals surface area (Å²) < 4.78 is 6.35. The van der Waals surface area contributed by atoms with Crippen molar-refractivity contribution in [3.63, 3.8) is 0 Å². The van der Waals surface area contributed by atoms with Crippen LogP contribution >= 0.6 is 0 Å². The lowest BCUT2D eigenvalue weighted by Crippen LogP contribution is -2.31. The summed E-state index contributed by atoms with van der Waals surface area (Å²) in [6.45, 7) is 0. The van der Waals surface area contributed by atoms with Gasteiger partial charge in [0.1, 0.15) is 0 Å². The smallest absolute Gasteiger partial charge is 0.241 e. The monoisotopic (exact) mass is 178 g/mol. The van der Waals surface area contributed by atoms with Crippen LogP contribution in [0.3, 0.4) is 0 Å². The first-order valence-corrected chi connectivity index (χ1v) is 3.88. The molecule has 2 rings (SSSR count). The van der Waals surface area contributed by atoms with E-state index in [4.69, 9.17) is 17.2 Å². The third-order valence-electron chi connectivity index (χ3n) is 1.47. The molecule has 0 aliphatic rings. The first-order chi connectivity index (χ1) is 5.86. The van der Waals surface area contributed by atoms with E-state index in [2.05, 4.69) is 5.27 Å². The number of aromatic nitrogens is 2. The van der Waals surface area contributed by atoms with Gasteiger partial charge in [-0.25, -0.2) is 0 Å². The molecular weight excluding hydrogens is 172 g/mol. The van der Waals surface area contributed by atoms with Gasteiger partial charge in [-0.3, -0.25) is 0 Å². The van der Waals surface area contributed by atoms with Gasteiger partial charge in [0.2, 0.25) is 17.2 Å². The Labute approximate surface area is 75.0 Å². The zero-order chi connectivity index (χ0) is 8.39. The third kappa shape index (κ3) is 1.29. The predicted octanol–water partition coefficient (Wildman–Crippen LogP) is 0.857. The van der Waals surface area contributed by atoms with Crippen LogP contribution in [0.4, 0.5) is 0 Å². The van der Waals surface area contributed by atoms with Crippen LogP contribution in [0.1, 0.15) is 0 Å². The maximum absolute atomic E-state index is 4.78. The fraction of sp³-hybridized carbons (Fsp3) is 0. The number of para-hydroxylation sites is 1. The van der Waals surface area contributed by atoms with Gasteiger partial charge in [-0.15, -0.1) is 0 Å². The van der Waals surface area contributed by atoms with E-state index in [0.29, 0.717) is 5.09 Å². The van der Waals surface area contributed by atoms with Crippen LogP contribution in [0, 0.1) is 0 Å². The lowest BCUT2D eigenvalue weighted by atomic mass is 10.3. The second-order valence-electron chi connectivity index (χ2n) is 2.30. The minimum Gasteiger partial charge on any atom is -0.733 e. The van der Waals surface area contributed by atoms with E-state index in [0.717, 1.165) is 5.69 Å². The van der Waals surface area contributed by atoms with Crippen molar-refractivity contribution in [2.75, 3.05) is 0 Å². The fourth-order valence-electron chi connectivity index (χ4n) is 0.934. The van der Waals surface area contributed by atoms with Crippen molar-refractivity contribution in [1.29, 1.82) is 0 Å². The molecule has 0 aliphatic heterocycles. The van der Waals surface area contributed by atoms with Crippen molar-refractivity contribution in [2.24, 2.45) is 0 Å². The van der Waals surface area contributed by atoms with E-state index in [-0.39, 0.29) is 0 Å². The van der Waals surface area contributed by atoms with Crippen LogP contribution in [0.25, 0.3) is 5.69 Å². The molecule has 0 saturated carbocycles. The molecule has 0 aliphatic carbocycles. The first-order valence-electron chi connectivity index (χ1n) is 3.47. The van der Waals surface area contributed by atoms with Gasteiger partial charge >= 0.3 is 0 Å². The molecule has 0 N–H and O–H groups in total. The molecule has 0 amide bonds. The number of hydrogen-bond acceptors (Lipinski definition) is 3. The summed E-state index contributed by atoms with van der Waals surface area (Å²) in [4.78, 5) is 0. The van der Waals surface area contributed by atoms with Gasteiger partial charge in [-0.2, -0.15) is 0 Å². The zero-order valence-electron chi connectivity index (χ0n) is 6.18. The van der Waals surface area contributed by atoms with Gasteiger partial charge in [0, 0.05) is 12.1 Å². The molecule has 1 heterocycles. The molecular formula is C8H6N2OS. The summed E-state index contributed by atoms with van der Waals surface area (Å²) in [6.07, 6.45) is 1.66. The largest absolute Gasteiger partial charge is 0.733 e. The fourth-order valence-corrected chi connectivity index (χ4v) is 1.07.